The molecule has 1 aliphatic rings. The molecule has 100 valence electrons. The van der Waals surface area contributed by atoms with E-state index in [1.165, 1.54) is 11.3 Å². The molecule has 6 heteroatoms. The Morgan fingerprint density at radius 2 is 2.39 bits per heavy atom. The maximum atomic E-state index is 11.8. The molecule has 18 heavy (non-hydrogen) atoms. The third kappa shape index (κ3) is 4.03. The molecule has 1 unspecified atom stereocenters. The molecule has 5 nitrogen and oxygen atoms in total. The molecule has 1 atom stereocenters. The Bertz CT molecular complexity index is 399. The number of hydrogen-bond acceptors (Lipinski definition) is 5. The average molecular weight is 268 g/mol. The van der Waals surface area contributed by atoms with E-state index in [2.05, 4.69) is 34.7 Å². The van der Waals surface area contributed by atoms with Crippen LogP contribution in [0.15, 0.2) is 0 Å². The minimum absolute atomic E-state index is 0.0293. The van der Waals surface area contributed by atoms with Crippen molar-refractivity contribution < 1.29 is 4.79 Å². The fourth-order valence-electron chi connectivity index (χ4n) is 2.06. The topological polar surface area (TPSA) is 66.9 Å². The Morgan fingerprint density at radius 3 is 3.06 bits per heavy atom. The molecule has 0 radical (unpaired) electrons. The summed E-state index contributed by atoms with van der Waals surface area (Å²) in [6, 6.07) is 0.327. The summed E-state index contributed by atoms with van der Waals surface area (Å²) < 4.78 is 0. The second kappa shape index (κ2) is 6.24. The number of carbonyl (C=O) groups is 1. The summed E-state index contributed by atoms with van der Waals surface area (Å²) in [5.74, 6) is 0.589. The van der Waals surface area contributed by atoms with Gasteiger partial charge >= 0.3 is 0 Å². The van der Waals surface area contributed by atoms with Crippen LogP contribution in [-0.2, 0) is 11.2 Å². The van der Waals surface area contributed by atoms with Crippen molar-refractivity contribution in [3.63, 3.8) is 0 Å². The molecule has 2 N–H and O–H groups in total. The molecule has 0 aliphatic carbocycles. The quantitative estimate of drug-likeness (QED) is 0.855. The van der Waals surface area contributed by atoms with Gasteiger partial charge in [0.2, 0.25) is 11.0 Å². The summed E-state index contributed by atoms with van der Waals surface area (Å²) in [7, 11) is 0. The lowest BCUT2D eigenvalue weighted by atomic mass is 10.1. The zero-order chi connectivity index (χ0) is 13.0. The second-order valence-electron chi connectivity index (χ2n) is 5.14. The summed E-state index contributed by atoms with van der Waals surface area (Å²) in [5, 5.41) is 15.8. The van der Waals surface area contributed by atoms with Gasteiger partial charge in [-0.25, -0.2) is 0 Å². The van der Waals surface area contributed by atoms with Gasteiger partial charge in [-0.15, -0.1) is 10.2 Å². The predicted octanol–water partition coefficient (Wildman–Crippen LogP) is 1.82. The lowest BCUT2D eigenvalue weighted by Crippen LogP contribution is -2.27. The van der Waals surface area contributed by atoms with Crippen LogP contribution in [0.2, 0.25) is 0 Å². The zero-order valence-corrected chi connectivity index (χ0v) is 11.7. The van der Waals surface area contributed by atoms with E-state index >= 15 is 0 Å². The van der Waals surface area contributed by atoms with Crippen LogP contribution in [0.1, 0.15) is 38.1 Å². The van der Waals surface area contributed by atoms with Crippen molar-refractivity contribution in [3.8, 4) is 0 Å². The Balaban J connectivity index is 1.81. The van der Waals surface area contributed by atoms with Crippen LogP contribution in [0.5, 0.6) is 0 Å². The van der Waals surface area contributed by atoms with Gasteiger partial charge in [0.15, 0.2) is 0 Å². The highest BCUT2D eigenvalue weighted by molar-refractivity contribution is 7.15. The Labute approximate surface area is 111 Å². The SMILES string of the molecule is CC(C)Cc1nnc(NC(=O)CC2CCCN2)s1. The van der Waals surface area contributed by atoms with Gasteiger partial charge in [0.1, 0.15) is 5.01 Å². The van der Waals surface area contributed by atoms with Crippen molar-refractivity contribution in [3.05, 3.63) is 5.01 Å². The van der Waals surface area contributed by atoms with E-state index in [0.717, 1.165) is 30.8 Å². The van der Waals surface area contributed by atoms with Gasteiger partial charge in [0, 0.05) is 18.9 Å². The van der Waals surface area contributed by atoms with Crippen molar-refractivity contribution in [1.29, 1.82) is 0 Å². The molecule has 1 aromatic rings. The Kier molecular flexibility index (Phi) is 4.66. The minimum Gasteiger partial charge on any atom is -0.313 e. The highest BCUT2D eigenvalue weighted by Gasteiger charge is 2.18. The molecule has 0 bridgehead atoms. The first-order valence-electron chi connectivity index (χ1n) is 6.49. The number of hydrogen-bond donors (Lipinski definition) is 2. The average Bonchev–Trinajstić information content (AvgIpc) is 2.89. The third-order valence-electron chi connectivity index (χ3n) is 2.89. The summed E-state index contributed by atoms with van der Waals surface area (Å²) in [6.45, 7) is 5.31. The molecule has 1 saturated heterocycles. The first-order chi connectivity index (χ1) is 8.63. The van der Waals surface area contributed by atoms with Gasteiger partial charge in [-0.1, -0.05) is 25.2 Å². The molecule has 2 heterocycles. The monoisotopic (exact) mass is 268 g/mol. The molecule has 1 aliphatic heterocycles. The van der Waals surface area contributed by atoms with Gasteiger partial charge in [0.25, 0.3) is 0 Å². The van der Waals surface area contributed by atoms with E-state index in [0.29, 0.717) is 23.5 Å². The lowest BCUT2D eigenvalue weighted by molar-refractivity contribution is -0.116. The molecule has 1 aromatic heterocycles. The molecule has 1 amide bonds. The number of amides is 1. The number of nitrogens with zero attached hydrogens (tertiary/aromatic N) is 2. The molecular weight excluding hydrogens is 248 g/mol. The molecule has 1 fully saturated rings. The molecule has 0 saturated carbocycles. The predicted molar refractivity (Wildman–Crippen MR) is 72.7 cm³/mol. The highest BCUT2D eigenvalue weighted by Crippen LogP contribution is 2.19. The molecule has 2 rings (SSSR count). The summed E-state index contributed by atoms with van der Waals surface area (Å²) in [5.41, 5.74) is 0. The van der Waals surface area contributed by atoms with Crippen molar-refractivity contribution in [2.24, 2.45) is 5.92 Å². The van der Waals surface area contributed by atoms with Crippen LogP contribution in [0.4, 0.5) is 5.13 Å². The van der Waals surface area contributed by atoms with E-state index in [9.17, 15) is 4.79 Å². The largest absolute Gasteiger partial charge is 0.313 e. The van der Waals surface area contributed by atoms with Crippen molar-refractivity contribution in [1.82, 2.24) is 15.5 Å². The van der Waals surface area contributed by atoms with Crippen LogP contribution in [0.25, 0.3) is 0 Å². The molecule has 0 aromatic carbocycles. The van der Waals surface area contributed by atoms with Crippen LogP contribution in [0.3, 0.4) is 0 Å². The standard InChI is InChI=1S/C12H20N4OS/c1-8(2)6-11-15-16-12(18-11)14-10(17)7-9-4-3-5-13-9/h8-9,13H,3-7H2,1-2H3,(H,14,16,17). The first-order valence-corrected chi connectivity index (χ1v) is 7.30. The Hall–Kier alpha value is -1.01. The summed E-state index contributed by atoms with van der Waals surface area (Å²) in [6.07, 6.45) is 3.69. The fraction of sp³-hybridized carbons (Fsp3) is 0.750. The fourth-order valence-corrected chi connectivity index (χ4v) is 3.03. The van der Waals surface area contributed by atoms with E-state index in [1.54, 1.807) is 0 Å². The van der Waals surface area contributed by atoms with Crippen LogP contribution in [-0.4, -0.2) is 28.7 Å². The zero-order valence-electron chi connectivity index (χ0n) is 10.9. The van der Waals surface area contributed by atoms with Gasteiger partial charge in [0.05, 0.1) is 0 Å². The maximum absolute atomic E-state index is 11.8. The second-order valence-corrected chi connectivity index (χ2v) is 6.21. The molecule has 0 spiro atoms. The van der Waals surface area contributed by atoms with Gasteiger partial charge in [-0.2, -0.15) is 0 Å². The number of nitrogens with one attached hydrogen (secondary N) is 2. The van der Waals surface area contributed by atoms with Gasteiger partial charge in [-0.05, 0) is 25.3 Å². The van der Waals surface area contributed by atoms with Gasteiger partial charge < -0.3 is 10.6 Å². The van der Waals surface area contributed by atoms with Crippen LogP contribution in [0, 0.1) is 5.92 Å². The smallest absolute Gasteiger partial charge is 0.227 e. The Morgan fingerprint density at radius 1 is 1.56 bits per heavy atom. The normalized spacial score (nSPS) is 19.4. The number of carbonyl (C=O) groups excluding carboxylic acids is 1. The molecular formula is C12H20N4OS. The van der Waals surface area contributed by atoms with E-state index in [-0.39, 0.29) is 5.91 Å². The van der Waals surface area contributed by atoms with Gasteiger partial charge in [-0.3, -0.25) is 4.79 Å². The van der Waals surface area contributed by atoms with E-state index in [4.69, 9.17) is 0 Å². The highest BCUT2D eigenvalue weighted by atomic mass is 32.1. The van der Waals surface area contributed by atoms with Crippen LogP contribution >= 0.6 is 11.3 Å². The summed E-state index contributed by atoms with van der Waals surface area (Å²) >= 11 is 1.47. The summed E-state index contributed by atoms with van der Waals surface area (Å²) in [4.78, 5) is 11.8. The van der Waals surface area contributed by atoms with Crippen LogP contribution < -0.4 is 10.6 Å². The van der Waals surface area contributed by atoms with E-state index < -0.39 is 0 Å². The van der Waals surface area contributed by atoms with Crippen molar-refractivity contribution >= 4 is 22.4 Å². The third-order valence-corrected chi connectivity index (χ3v) is 3.75. The van der Waals surface area contributed by atoms with E-state index in [1.807, 2.05) is 0 Å². The number of anilines is 1. The van der Waals surface area contributed by atoms with Crippen molar-refractivity contribution in [2.45, 2.75) is 45.6 Å². The van der Waals surface area contributed by atoms with Crippen molar-refractivity contribution in [2.75, 3.05) is 11.9 Å². The number of rotatable bonds is 5. The minimum atomic E-state index is 0.0293. The maximum Gasteiger partial charge on any atom is 0.227 e. The number of aromatic nitrogens is 2. The first kappa shape index (κ1) is 13.4. The lowest BCUT2D eigenvalue weighted by Gasteiger charge is -2.08.